The summed E-state index contributed by atoms with van der Waals surface area (Å²) in [6.07, 6.45) is 5.36. The van der Waals surface area contributed by atoms with Crippen LogP contribution in [0.4, 0.5) is 0 Å². The van der Waals surface area contributed by atoms with E-state index in [9.17, 15) is 9.59 Å². The molecule has 3 heterocycles. The van der Waals surface area contributed by atoms with Gasteiger partial charge in [-0.2, -0.15) is 0 Å². The number of fused-ring (bicyclic) bond motifs is 1. The molecule has 0 aliphatic carbocycles. The van der Waals surface area contributed by atoms with Gasteiger partial charge in [0.25, 0.3) is 5.91 Å². The molecule has 1 saturated heterocycles. The summed E-state index contributed by atoms with van der Waals surface area (Å²) in [6, 6.07) is 8.52. The van der Waals surface area contributed by atoms with Crippen molar-refractivity contribution in [2.24, 2.45) is 0 Å². The number of pyridine rings is 1. The largest absolute Gasteiger partial charge is 0.336 e. The van der Waals surface area contributed by atoms with Crippen LogP contribution < -0.4 is 0 Å². The maximum atomic E-state index is 12.9. The topological polar surface area (TPSA) is 57.9 Å². The number of piperazine rings is 1. The third-order valence-corrected chi connectivity index (χ3v) is 5.46. The Bertz CT molecular complexity index is 1040. The smallest absolute Gasteiger partial charge is 0.257 e. The number of benzene rings is 1. The zero-order valence-corrected chi connectivity index (χ0v) is 16.5. The molecule has 6 nitrogen and oxygen atoms in total. The van der Waals surface area contributed by atoms with Gasteiger partial charge in [0.05, 0.1) is 17.1 Å². The molecular weight excluding hydrogens is 399 g/mol. The van der Waals surface area contributed by atoms with E-state index in [0.717, 1.165) is 0 Å². The molecule has 28 heavy (non-hydrogen) atoms. The number of rotatable bonds is 4. The molecule has 0 radical (unpaired) electrons. The van der Waals surface area contributed by atoms with Crippen LogP contribution in [0.25, 0.3) is 5.65 Å². The standard InChI is InChI=1S/C20H18Cl2N4O2/c21-14-3-4-15(17(22)12-14)18(27)13-24-8-10-26(11-9-24)20(28)16-2-1-6-25-7-5-23-19(16)25/h1-7,12H,8-11,13H2. The second-order valence-corrected chi connectivity index (χ2v) is 7.54. The number of amides is 1. The van der Waals surface area contributed by atoms with Crippen LogP contribution in [0.5, 0.6) is 0 Å². The van der Waals surface area contributed by atoms with E-state index in [4.69, 9.17) is 23.2 Å². The summed E-state index contributed by atoms with van der Waals surface area (Å²) in [4.78, 5) is 33.5. The van der Waals surface area contributed by atoms with E-state index in [-0.39, 0.29) is 18.2 Å². The minimum absolute atomic E-state index is 0.0384. The molecule has 8 heteroatoms. The molecule has 144 valence electrons. The van der Waals surface area contributed by atoms with E-state index in [2.05, 4.69) is 4.98 Å². The molecule has 1 fully saturated rings. The first-order valence-electron chi connectivity index (χ1n) is 8.94. The van der Waals surface area contributed by atoms with Crippen molar-refractivity contribution < 1.29 is 9.59 Å². The van der Waals surface area contributed by atoms with Gasteiger partial charge in [0.2, 0.25) is 0 Å². The molecule has 3 aromatic rings. The van der Waals surface area contributed by atoms with Crippen LogP contribution in [0.15, 0.2) is 48.9 Å². The van der Waals surface area contributed by atoms with Gasteiger partial charge in [-0.05, 0) is 30.3 Å². The summed E-state index contributed by atoms with van der Waals surface area (Å²) in [5, 5.41) is 0.861. The van der Waals surface area contributed by atoms with Gasteiger partial charge in [-0.1, -0.05) is 23.2 Å². The van der Waals surface area contributed by atoms with Gasteiger partial charge in [-0.3, -0.25) is 14.5 Å². The van der Waals surface area contributed by atoms with Crippen LogP contribution in [-0.4, -0.2) is 63.6 Å². The molecule has 1 amide bonds. The number of nitrogens with zero attached hydrogens (tertiary/aromatic N) is 4. The first-order chi connectivity index (χ1) is 13.5. The van der Waals surface area contributed by atoms with Gasteiger partial charge >= 0.3 is 0 Å². The van der Waals surface area contributed by atoms with Gasteiger partial charge in [-0.25, -0.2) is 4.98 Å². The zero-order chi connectivity index (χ0) is 19.7. The lowest BCUT2D eigenvalue weighted by atomic mass is 10.1. The van der Waals surface area contributed by atoms with E-state index in [1.165, 1.54) is 0 Å². The van der Waals surface area contributed by atoms with Gasteiger partial charge in [0, 0.05) is 55.4 Å². The quantitative estimate of drug-likeness (QED) is 0.612. The number of carbonyl (C=O) groups excluding carboxylic acids is 2. The fraction of sp³-hybridized carbons (Fsp3) is 0.250. The van der Waals surface area contributed by atoms with Gasteiger partial charge in [0.1, 0.15) is 5.65 Å². The molecule has 0 spiro atoms. The van der Waals surface area contributed by atoms with Gasteiger partial charge in [-0.15, -0.1) is 0 Å². The van der Waals surface area contributed by atoms with Crippen LogP contribution in [0.2, 0.25) is 10.0 Å². The molecule has 0 N–H and O–H groups in total. The minimum Gasteiger partial charge on any atom is -0.336 e. The molecule has 1 aliphatic heterocycles. The Morgan fingerprint density at radius 3 is 2.54 bits per heavy atom. The van der Waals surface area contributed by atoms with Gasteiger partial charge in [0.15, 0.2) is 5.78 Å². The average molecular weight is 417 g/mol. The number of imidazole rings is 1. The molecule has 0 unspecified atom stereocenters. The van der Waals surface area contributed by atoms with E-state index in [1.54, 1.807) is 35.4 Å². The first kappa shape index (κ1) is 18.9. The molecule has 0 bridgehead atoms. The Balaban J connectivity index is 1.38. The molecule has 4 rings (SSSR count). The second-order valence-electron chi connectivity index (χ2n) is 6.70. The van der Waals surface area contributed by atoms with Crippen molar-refractivity contribution in [1.29, 1.82) is 0 Å². The summed E-state index contributed by atoms with van der Waals surface area (Å²) in [5.41, 5.74) is 1.71. The van der Waals surface area contributed by atoms with E-state index in [0.29, 0.717) is 53.0 Å². The van der Waals surface area contributed by atoms with Crippen molar-refractivity contribution in [2.75, 3.05) is 32.7 Å². The van der Waals surface area contributed by atoms with E-state index < -0.39 is 0 Å². The molecule has 1 aromatic carbocycles. The van der Waals surface area contributed by atoms with Crippen LogP contribution in [-0.2, 0) is 0 Å². The van der Waals surface area contributed by atoms with Crippen molar-refractivity contribution in [1.82, 2.24) is 19.2 Å². The minimum atomic E-state index is -0.0522. The molecule has 2 aromatic heterocycles. The predicted octanol–water partition coefficient (Wildman–Crippen LogP) is 3.28. The predicted molar refractivity (Wildman–Crippen MR) is 108 cm³/mol. The zero-order valence-electron chi connectivity index (χ0n) is 15.0. The Morgan fingerprint density at radius 2 is 1.79 bits per heavy atom. The summed E-state index contributed by atoms with van der Waals surface area (Å²) < 4.78 is 1.83. The van der Waals surface area contributed by atoms with Crippen LogP contribution in [0.3, 0.4) is 0 Å². The third kappa shape index (κ3) is 3.76. The fourth-order valence-corrected chi connectivity index (χ4v) is 3.91. The summed E-state index contributed by atoms with van der Waals surface area (Å²) in [7, 11) is 0. The average Bonchev–Trinajstić information content (AvgIpc) is 3.17. The summed E-state index contributed by atoms with van der Waals surface area (Å²) >= 11 is 12.0. The maximum Gasteiger partial charge on any atom is 0.257 e. The monoisotopic (exact) mass is 416 g/mol. The highest BCUT2D eigenvalue weighted by Crippen LogP contribution is 2.22. The highest BCUT2D eigenvalue weighted by Gasteiger charge is 2.25. The molecule has 0 atom stereocenters. The number of aromatic nitrogens is 2. The number of Topliss-reactive ketones (excluding diaryl/α,β-unsaturated/α-hetero) is 1. The van der Waals surface area contributed by atoms with Crippen molar-refractivity contribution in [3.63, 3.8) is 0 Å². The van der Waals surface area contributed by atoms with E-state index in [1.807, 2.05) is 27.8 Å². The summed E-state index contributed by atoms with van der Waals surface area (Å²) in [6.45, 7) is 2.63. The Hall–Kier alpha value is -2.41. The van der Waals surface area contributed by atoms with Gasteiger partial charge < -0.3 is 9.30 Å². The SMILES string of the molecule is O=C(CN1CCN(C(=O)c2cccn3ccnc23)CC1)c1ccc(Cl)cc1Cl. The van der Waals surface area contributed by atoms with E-state index >= 15 is 0 Å². The Morgan fingerprint density at radius 1 is 1.00 bits per heavy atom. The van der Waals surface area contributed by atoms with Crippen molar-refractivity contribution in [3.05, 3.63) is 70.1 Å². The van der Waals surface area contributed by atoms with Crippen molar-refractivity contribution >= 4 is 40.5 Å². The third-order valence-electron chi connectivity index (χ3n) is 4.91. The number of hydrogen-bond donors (Lipinski definition) is 0. The first-order valence-corrected chi connectivity index (χ1v) is 9.70. The normalized spacial score (nSPS) is 15.1. The highest BCUT2D eigenvalue weighted by molar-refractivity contribution is 6.36. The molecular formula is C20H18Cl2N4O2. The Kier molecular flexibility index (Phi) is 5.35. The maximum absolute atomic E-state index is 12.9. The summed E-state index contributed by atoms with van der Waals surface area (Å²) in [5.74, 6) is -0.0906. The highest BCUT2D eigenvalue weighted by atomic mass is 35.5. The lowest BCUT2D eigenvalue weighted by Crippen LogP contribution is -2.50. The van der Waals surface area contributed by atoms with Crippen LogP contribution in [0, 0.1) is 0 Å². The van der Waals surface area contributed by atoms with Crippen LogP contribution >= 0.6 is 23.2 Å². The number of carbonyl (C=O) groups is 2. The molecule has 1 aliphatic rings. The van der Waals surface area contributed by atoms with Crippen molar-refractivity contribution in [2.45, 2.75) is 0 Å². The van der Waals surface area contributed by atoms with Crippen LogP contribution in [0.1, 0.15) is 20.7 Å². The number of hydrogen-bond acceptors (Lipinski definition) is 4. The lowest BCUT2D eigenvalue weighted by molar-refractivity contribution is 0.0625. The Labute approximate surface area is 172 Å². The van der Waals surface area contributed by atoms with Crippen molar-refractivity contribution in [3.8, 4) is 0 Å². The number of ketones is 1. The lowest BCUT2D eigenvalue weighted by Gasteiger charge is -2.34. The second kappa shape index (κ2) is 7.91. The molecule has 0 saturated carbocycles. The number of halogens is 2. The fourth-order valence-electron chi connectivity index (χ4n) is 3.40.